The van der Waals surface area contributed by atoms with Crippen LogP contribution in [0.5, 0.6) is 0 Å². The van der Waals surface area contributed by atoms with Crippen molar-refractivity contribution in [1.29, 1.82) is 0 Å². The van der Waals surface area contributed by atoms with Crippen LogP contribution in [0.3, 0.4) is 0 Å². The zero-order valence-corrected chi connectivity index (χ0v) is 6.96. The minimum absolute atomic E-state index is 0.168. The third kappa shape index (κ3) is 1.16. The molecule has 1 atom stereocenters. The first kappa shape index (κ1) is 7.55. The van der Waals surface area contributed by atoms with Gasteiger partial charge in [-0.25, -0.2) is 4.98 Å². The number of rotatable bonds is 0. The molecule has 1 unspecified atom stereocenters. The zero-order valence-electron chi connectivity index (χ0n) is 6.96. The van der Waals surface area contributed by atoms with Crippen molar-refractivity contribution in [3.8, 4) is 0 Å². The Hall–Kier alpha value is -1.09. The van der Waals surface area contributed by atoms with Gasteiger partial charge in [0.15, 0.2) is 0 Å². The molecule has 3 nitrogen and oxygen atoms in total. The van der Waals surface area contributed by atoms with Gasteiger partial charge in [-0.15, -0.1) is 0 Å². The summed E-state index contributed by atoms with van der Waals surface area (Å²) in [7, 11) is 0. The smallest absolute Gasteiger partial charge is 0.123 e. The topological polar surface area (TPSA) is 64.9 Å². The fourth-order valence-corrected chi connectivity index (χ4v) is 1.71. The van der Waals surface area contributed by atoms with Gasteiger partial charge in [0.25, 0.3) is 0 Å². The summed E-state index contributed by atoms with van der Waals surface area (Å²) in [5.41, 5.74) is 13.8. The molecule has 0 spiro atoms. The SMILES string of the molecule is Nc1ccc2c(n1)CCCC2N. The Kier molecular flexibility index (Phi) is 1.73. The summed E-state index contributed by atoms with van der Waals surface area (Å²) < 4.78 is 0. The van der Waals surface area contributed by atoms with E-state index in [-0.39, 0.29) is 6.04 Å². The molecular formula is C9H13N3. The maximum atomic E-state index is 5.92. The number of nitrogen functional groups attached to an aromatic ring is 1. The number of anilines is 1. The molecule has 3 heteroatoms. The lowest BCUT2D eigenvalue weighted by Crippen LogP contribution is -2.18. The van der Waals surface area contributed by atoms with Gasteiger partial charge in [-0.1, -0.05) is 6.07 Å². The van der Waals surface area contributed by atoms with Crippen molar-refractivity contribution in [2.75, 3.05) is 5.73 Å². The predicted octanol–water partition coefficient (Wildman–Crippen LogP) is 1.000. The Morgan fingerprint density at radius 2 is 2.25 bits per heavy atom. The third-order valence-electron chi connectivity index (χ3n) is 2.36. The lowest BCUT2D eigenvalue weighted by atomic mass is 9.92. The Labute approximate surface area is 71.8 Å². The Balaban J connectivity index is 2.46. The van der Waals surface area contributed by atoms with Crippen LogP contribution in [0, 0.1) is 0 Å². The van der Waals surface area contributed by atoms with Crippen molar-refractivity contribution in [2.24, 2.45) is 5.73 Å². The number of hydrogen-bond donors (Lipinski definition) is 2. The molecule has 1 aliphatic rings. The molecule has 1 aliphatic carbocycles. The van der Waals surface area contributed by atoms with Crippen LogP contribution in [0.2, 0.25) is 0 Å². The molecule has 0 saturated carbocycles. The minimum atomic E-state index is 0.168. The molecule has 0 fully saturated rings. The highest BCUT2D eigenvalue weighted by atomic mass is 14.8. The van der Waals surface area contributed by atoms with Crippen LogP contribution < -0.4 is 11.5 Å². The fraction of sp³-hybridized carbons (Fsp3) is 0.444. The zero-order chi connectivity index (χ0) is 8.55. The second-order valence-corrected chi connectivity index (χ2v) is 3.27. The average Bonchev–Trinajstić information content (AvgIpc) is 2.04. The van der Waals surface area contributed by atoms with Crippen molar-refractivity contribution in [3.63, 3.8) is 0 Å². The van der Waals surface area contributed by atoms with Crippen LogP contribution >= 0.6 is 0 Å². The van der Waals surface area contributed by atoms with Crippen molar-refractivity contribution in [3.05, 3.63) is 23.4 Å². The summed E-state index contributed by atoms with van der Waals surface area (Å²) in [6.07, 6.45) is 3.22. The first-order valence-electron chi connectivity index (χ1n) is 4.28. The first-order valence-corrected chi connectivity index (χ1v) is 4.28. The van der Waals surface area contributed by atoms with Crippen LogP contribution in [-0.2, 0) is 6.42 Å². The quantitative estimate of drug-likeness (QED) is 0.599. The standard InChI is InChI=1S/C9H13N3/c10-7-2-1-3-8-6(7)4-5-9(11)12-8/h4-5,7H,1-3,10H2,(H2,11,12). The van der Waals surface area contributed by atoms with E-state index >= 15 is 0 Å². The van der Waals surface area contributed by atoms with Crippen LogP contribution in [0.25, 0.3) is 0 Å². The first-order chi connectivity index (χ1) is 5.77. The Morgan fingerprint density at radius 1 is 1.42 bits per heavy atom. The highest BCUT2D eigenvalue weighted by Gasteiger charge is 2.17. The van der Waals surface area contributed by atoms with Gasteiger partial charge in [0.05, 0.1) is 0 Å². The molecule has 4 N–H and O–H groups in total. The van der Waals surface area contributed by atoms with Crippen LogP contribution in [-0.4, -0.2) is 4.98 Å². The van der Waals surface area contributed by atoms with E-state index in [2.05, 4.69) is 4.98 Å². The number of nitrogens with zero attached hydrogens (tertiary/aromatic N) is 1. The maximum absolute atomic E-state index is 5.92. The molecule has 12 heavy (non-hydrogen) atoms. The third-order valence-corrected chi connectivity index (χ3v) is 2.36. The second-order valence-electron chi connectivity index (χ2n) is 3.27. The van der Waals surface area contributed by atoms with Crippen molar-refractivity contribution in [2.45, 2.75) is 25.3 Å². The number of fused-ring (bicyclic) bond motifs is 1. The van der Waals surface area contributed by atoms with E-state index in [1.165, 1.54) is 5.56 Å². The van der Waals surface area contributed by atoms with Crippen LogP contribution in [0.4, 0.5) is 5.82 Å². The lowest BCUT2D eigenvalue weighted by Gasteiger charge is -2.20. The minimum Gasteiger partial charge on any atom is -0.384 e. The monoisotopic (exact) mass is 163 g/mol. The van der Waals surface area contributed by atoms with Gasteiger partial charge in [-0.05, 0) is 30.9 Å². The molecule has 1 aromatic heterocycles. The number of hydrogen-bond acceptors (Lipinski definition) is 3. The molecule has 0 radical (unpaired) electrons. The van der Waals surface area contributed by atoms with E-state index in [0.29, 0.717) is 5.82 Å². The Morgan fingerprint density at radius 3 is 3.08 bits per heavy atom. The summed E-state index contributed by atoms with van der Waals surface area (Å²) in [5.74, 6) is 0.600. The summed E-state index contributed by atoms with van der Waals surface area (Å²) in [4.78, 5) is 4.26. The average molecular weight is 163 g/mol. The van der Waals surface area contributed by atoms with Crippen molar-refractivity contribution < 1.29 is 0 Å². The van der Waals surface area contributed by atoms with Crippen molar-refractivity contribution in [1.82, 2.24) is 4.98 Å². The molecule has 2 rings (SSSR count). The van der Waals surface area contributed by atoms with Crippen LogP contribution in [0.15, 0.2) is 12.1 Å². The van der Waals surface area contributed by atoms with Gasteiger partial charge >= 0.3 is 0 Å². The predicted molar refractivity (Wildman–Crippen MR) is 48.5 cm³/mol. The molecule has 1 aromatic rings. The second kappa shape index (κ2) is 2.75. The van der Waals surface area contributed by atoms with Gasteiger partial charge in [-0.2, -0.15) is 0 Å². The molecule has 0 amide bonds. The van der Waals surface area contributed by atoms with E-state index in [9.17, 15) is 0 Å². The van der Waals surface area contributed by atoms with Gasteiger partial charge in [-0.3, -0.25) is 0 Å². The molecule has 0 saturated heterocycles. The largest absolute Gasteiger partial charge is 0.384 e. The van der Waals surface area contributed by atoms with E-state index in [1.54, 1.807) is 0 Å². The molecule has 0 aliphatic heterocycles. The lowest BCUT2D eigenvalue weighted by molar-refractivity contribution is 0.561. The Bertz CT molecular complexity index is 296. The number of aromatic nitrogens is 1. The highest BCUT2D eigenvalue weighted by molar-refractivity contribution is 5.36. The molecular weight excluding hydrogens is 150 g/mol. The summed E-state index contributed by atoms with van der Waals surface area (Å²) >= 11 is 0. The van der Waals surface area contributed by atoms with Crippen molar-refractivity contribution >= 4 is 5.82 Å². The van der Waals surface area contributed by atoms with E-state index in [1.807, 2.05) is 12.1 Å². The van der Waals surface area contributed by atoms with E-state index in [4.69, 9.17) is 11.5 Å². The molecule has 64 valence electrons. The number of nitrogens with two attached hydrogens (primary N) is 2. The molecule has 1 heterocycles. The maximum Gasteiger partial charge on any atom is 0.123 e. The van der Waals surface area contributed by atoms with E-state index in [0.717, 1.165) is 25.0 Å². The number of pyridine rings is 1. The van der Waals surface area contributed by atoms with Gasteiger partial charge in [0, 0.05) is 11.7 Å². The van der Waals surface area contributed by atoms with E-state index < -0.39 is 0 Å². The summed E-state index contributed by atoms with van der Waals surface area (Å²) in [6.45, 7) is 0. The highest BCUT2D eigenvalue weighted by Crippen LogP contribution is 2.26. The molecule has 0 aromatic carbocycles. The molecule has 0 bridgehead atoms. The fourth-order valence-electron chi connectivity index (χ4n) is 1.71. The van der Waals surface area contributed by atoms with Crippen LogP contribution in [0.1, 0.15) is 30.1 Å². The number of aryl methyl sites for hydroxylation is 1. The summed E-state index contributed by atoms with van der Waals surface area (Å²) in [6, 6.07) is 3.99. The van der Waals surface area contributed by atoms with Gasteiger partial charge in [0.2, 0.25) is 0 Å². The summed E-state index contributed by atoms with van der Waals surface area (Å²) in [5, 5.41) is 0. The van der Waals surface area contributed by atoms with Gasteiger partial charge < -0.3 is 11.5 Å². The van der Waals surface area contributed by atoms with Gasteiger partial charge in [0.1, 0.15) is 5.82 Å². The normalized spacial score (nSPS) is 21.9.